The first kappa shape index (κ1) is 10.3. The molecule has 0 fully saturated rings. The fraction of sp³-hybridized carbons (Fsp3) is 0.833. The Bertz CT molecular complexity index is 132. The molecule has 0 saturated heterocycles. The van der Waals surface area contributed by atoms with E-state index in [9.17, 15) is 14.3 Å². The summed E-state index contributed by atoms with van der Waals surface area (Å²) >= 11 is 0. The number of carboxylic acid groups (broad SMARTS) is 1. The lowest BCUT2D eigenvalue weighted by Gasteiger charge is -2.09. The second-order valence-corrected chi connectivity index (χ2v) is 2.48. The minimum Gasteiger partial charge on any atom is -0.544 e. The summed E-state index contributed by atoms with van der Waals surface area (Å²) in [6.45, 7) is 0.180. The van der Waals surface area contributed by atoms with Gasteiger partial charge in [-0.1, -0.05) is 0 Å². The molecule has 0 spiro atoms. The van der Waals surface area contributed by atoms with E-state index in [-0.39, 0.29) is 19.4 Å². The number of carboxylic acids is 1. The molecule has 0 aliphatic rings. The molecule has 6 N–H and O–H groups in total. The summed E-state index contributed by atoms with van der Waals surface area (Å²) in [5, 5.41) is 10.1. The molecule has 0 aromatic carbocycles. The molecule has 0 heterocycles. The van der Waals surface area contributed by atoms with Crippen molar-refractivity contribution in [3.63, 3.8) is 0 Å². The summed E-state index contributed by atoms with van der Waals surface area (Å²) < 4.78 is 12.5. The highest BCUT2D eigenvalue weighted by Gasteiger charge is 2.12. The van der Waals surface area contributed by atoms with Gasteiger partial charge in [0.2, 0.25) is 0 Å². The third-order valence-electron chi connectivity index (χ3n) is 1.47. The molecule has 4 nitrogen and oxygen atoms in total. The lowest BCUT2D eigenvalue weighted by molar-refractivity contribution is -0.439. The molecule has 0 saturated carbocycles. The van der Waals surface area contributed by atoms with E-state index in [1.165, 1.54) is 0 Å². The zero-order valence-electron chi connectivity index (χ0n) is 6.38. The molecule has 0 aromatic rings. The summed E-state index contributed by atoms with van der Waals surface area (Å²) in [4.78, 5) is 10.1. The van der Waals surface area contributed by atoms with Crippen molar-refractivity contribution in [3.8, 4) is 0 Å². The van der Waals surface area contributed by atoms with Crippen LogP contribution in [0.25, 0.3) is 0 Å². The molecule has 0 aliphatic heterocycles. The van der Waals surface area contributed by atoms with Gasteiger partial charge in [0, 0.05) is 6.42 Å². The van der Waals surface area contributed by atoms with Crippen molar-refractivity contribution in [1.82, 2.24) is 0 Å². The number of quaternary nitrogens is 2. The molecular formula is C6H14FN2O2+. The lowest BCUT2D eigenvalue weighted by atomic mass is 10.1. The predicted molar refractivity (Wildman–Crippen MR) is 33.6 cm³/mol. The highest BCUT2D eigenvalue weighted by molar-refractivity contribution is 5.68. The maximum absolute atomic E-state index is 12.5. The van der Waals surface area contributed by atoms with Crippen LogP contribution < -0.4 is 16.6 Å². The largest absolute Gasteiger partial charge is 0.544 e. The van der Waals surface area contributed by atoms with Gasteiger partial charge in [-0.25, -0.2) is 4.39 Å². The van der Waals surface area contributed by atoms with Gasteiger partial charge in [-0.3, -0.25) is 0 Å². The number of aliphatic carboxylic acids is 1. The summed E-state index contributed by atoms with van der Waals surface area (Å²) in [6, 6.07) is -0.806. The van der Waals surface area contributed by atoms with Crippen molar-refractivity contribution < 1.29 is 25.8 Å². The lowest BCUT2D eigenvalue weighted by Crippen LogP contribution is -2.68. The molecule has 2 atom stereocenters. The summed E-state index contributed by atoms with van der Waals surface area (Å²) in [5.41, 5.74) is 6.64. The van der Waals surface area contributed by atoms with Crippen LogP contribution in [-0.4, -0.2) is 24.7 Å². The second kappa shape index (κ2) is 5.03. The van der Waals surface area contributed by atoms with Crippen LogP contribution in [0.5, 0.6) is 0 Å². The molecule has 0 bridgehead atoms. The Labute approximate surface area is 64.4 Å². The van der Waals surface area contributed by atoms with Gasteiger partial charge in [0.05, 0.1) is 5.97 Å². The molecule has 0 radical (unpaired) electrons. The number of alkyl halides is 1. The van der Waals surface area contributed by atoms with Crippen LogP contribution in [-0.2, 0) is 4.79 Å². The van der Waals surface area contributed by atoms with Gasteiger partial charge in [0.25, 0.3) is 0 Å². The molecule has 0 amide bonds. The van der Waals surface area contributed by atoms with Crippen LogP contribution >= 0.6 is 0 Å². The van der Waals surface area contributed by atoms with E-state index < -0.39 is 18.2 Å². The molecule has 0 rings (SSSR count). The Balaban J connectivity index is 3.45. The van der Waals surface area contributed by atoms with E-state index in [4.69, 9.17) is 0 Å². The Morgan fingerprint density at radius 2 is 2.09 bits per heavy atom. The van der Waals surface area contributed by atoms with Gasteiger partial charge >= 0.3 is 0 Å². The maximum atomic E-state index is 12.5. The number of hydrogen-bond acceptors (Lipinski definition) is 2. The van der Waals surface area contributed by atoms with Crippen molar-refractivity contribution in [2.24, 2.45) is 0 Å². The van der Waals surface area contributed by atoms with Crippen molar-refractivity contribution in [2.75, 3.05) is 6.54 Å². The van der Waals surface area contributed by atoms with Crippen molar-refractivity contribution in [2.45, 2.75) is 25.1 Å². The van der Waals surface area contributed by atoms with Crippen LogP contribution in [0.2, 0.25) is 0 Å². The van der Waals surface area contributed by atoms with E-state index in [2.05, 4.69) is 11.5 Å². The monoisotopic (exact) mass is 165 g/mol. The number of hydrogen-bond donors (Lipinski definition) is 2. The molecular weight excluding hydrogens is 151 g/mol. The fourth-order valence-electron chi connectivity index (χ4n) is 0.644. The van der Waals surface area contributed by atoms with E-state index >= 15 is 0 Å². The van der Waals surface area contributed by atoms with Crippen LogP contribution in [0.1, 0.15) is 12.8 Å². The third kappa shape index (κ3) is 4.69. The third-order valence-corrected chi connectivity index (χ3v) is 1.47. The van der Waals surface area contributed by atoms with Gasteiger partial charge in [-0.05, 0) is 6.42 Å². The minimum atomic E-state index is -1.22. The molecule has 0 unspecified atom stereocenters. The zero-order valence-corrected chi connectivity index (χ0v) is 6.38. The smallest absolute Gasteiger partial charge is 0.149 e. The standard InChI is InChI=1S/C6H13FN2O2/c7-4(3-8)1-2-5(9)6(10)11/h4-5H,1-3,8-9H2,(H,10,11)/p+1/t4-,5-/m0/s1. The van der Waals surface area contributed by atoms with Gasteiger partial charge in [0.1, 0.15) is 18.8 Å². The quantitative estimate of drug-likeness (QED) is 0.446. The van der Waals surface area contributed by atoms with Crippen molar-refractivity contribution in [1.29, 1.82) is 0 Å². The van der Waals surface area contributed by atoms with Gasteiger partial charge < -0.3 is 21.4 Å². The Morgan fingerprint density at radius 3 is 2.45 bits per heavy atom. The van der Waals surface area contributed by atoms with Crippen LogP contribution in [0.4, 0.5) is 4.39 Å². The topological polar surface area (TPSA) is 95.4 Å². The Hall–Kier alpha value is -0.680. The van der Waals surface area contributed by atoms with E-state index in [0.717, 1.165) is 0 Å². The Kier molecular flexibility index (Phi) is 4.72. The normalized spacial score (nSPS) is 15.9. The highest BCUT2D eigenvalue weighted by Crippen LogP contribution is 2.00. The SMILES string of the molecule is [NH3+]C[C@@H](F)CC[C@H]([NH3+])C(=O)[O-]. The van der Waals surface area contributed by atoms with Crippen LogP contribution in [0.3, 0.4) is 0 Å². The number of carbonyl (C=O) groups excluding carboxylic acids is 1. The number of halogens is 1. The maximum Gasteiger partial charge on any atom is 0.149 e. The highest BCUT2D eigenvalue weighted by atomic mass is 19.1. The summed E-state index contributed by atoms with van der Waals surface area (Å²) in [5.74, 6) is -1.22. The van der Waals surface area contributed by atoms with Crippen molar-refractivity contribution in [3.05, 3.63) is 0 Å². The average molecular weight is 165 g/mol. The van der Waals surface area contributed by atoms with Gasteiger partial charge in [-0.2, -0.15) is 0 Å². The van der Waals surface area contributed by atoms with E-state index in [1.807, 2.05) is 0 Å². The van der Waals surface area contributed by atoms with E-state index in [1.54, 1.807) is 0 Å². The molecule has 11 heavy (non-hydrogen) atoms. The first-order valence-corrected chi connectivity index (χ1v) is 3.55. The number of carbonyl (C=O) groups is 1. The van der Waals surface area contributed by atoms with Gasteiger partial charge in [-0.15, -0.1) is 0 Å². The second-order valence-electron chi connectivity index (χ2n) is 2.48. The van der Waals surface area contributed by atoms with E-state index in [0.29, 0.717) is 0 Å². The van der Waals surface area contributed by atoms with Crippen LogP contribution in [0.15, 0.2) is 0 Å². The van der Waals surface area contributed by atoms with Crippen molar-refractivity contribution >= 4 is 5.97 Å². The summed E-state index contributed by atoms with van der Waals surface area (Å²) in [7, 11) is 0. The molecule has 66 valence electrons. The van der Waals surface area contributed by atoms with Crippen LogP contribution in [0, 0.1) is 0 Å². The minimum absolute atomic E-state index is 0.180. The first-order valence-electron chi connectivity index (χ1n) is 3.55. The number of rotatable bonds is 5. The zero-order chi connectivity index (χ0) is 8.85. The predicted octanol–water partition coefficient (Wildman–Crippen LogP) is -3.29. The molecule has 0 aromatic heterocycles. The molecule has 5 heteroatoms. The fourth-order valence-corrected chi connectivity index (χ4v) is 0.644. The Morgan fingerprint density at radius 1 is 1.55 bits per heavy atom. The van der Waals surface area contributed by atoms with Gasteiger partial charge in [0.15, 0.2) is 0 Å². The first-order chi connectivity index (χ1) is 5.07. The summed E-state index contributed by atoms with van der Waals surface area (Å²) in [6.07, 6.45) is -0.594. The molecule has 0 aliphatic carbocycles. The average Bonchev–Trinajstić information content (AvgIpc) is 1.99.